The Kier molecular flexibility index (Phi) is 3.61. The van der Waals surface area contributed by atoms with E-state index in [2.05, 4.69) is 6.58 Å². The van der Waals surface area contributed by atoms with Crippen LogP contribution in [-0.2, 0) is 10.8 Å². The van der Waals surface area contributed by atoms with Gasteiger partial charge < -0.3 is 5.11 Å². The van der Waals surface area contributed by atoms with E-state index in [1.807, 2.05) is 19.1 Å². The van der Waals surface area contributed by atoms with Gasteiger partial charge in [-0.25, -0.2) is 4.21 Å². The molecule has 0 spiro atoms. The van der Waals surface area contributed by atoms with Gasteiger partial charge in [0.15, 0.2) is 0 Å². The second-order valence-corrected chi connectivity index (χ2v) is 4.76. The SMILES string of the molecule is C=C([C@@H](C)O)[S@@](=O)c1ccc(C)cc1. The van der Waals surface area contributed by atoms with Gasteiger partial charge in [-0.15, -0.1) is 0 Å². The number of aryl methyl sites for hydroxylation is 1. The third kappa shape index (κ3) is 2.53. The Hall–Kier alpha value is -0.930. The molecular formula is C11H14O2S. The molecule has 0 fully saturated rings. The molecule has 1 aromatic rings. The molecule has 0 saturated heterocycles. The van der Waals surface area contributed by atoms with Gasteiger partial charge in [0.2, 0.25) is 0 Å². The second-order valence-electron chi connectivity index (χ2n) is 3.22. The number of aliphatic hydroxyl groups is 1. The molecule has 14 heavy (non-hydrogen) atoms. The van der Waals surface area contributed by atoms with Gasteiger partial charge in [0.25, 0.3) is 0 Å². The maximum atomic E-state index is 11.7. The van der Waals surface area contributed by atoms with Crippen LogP contribution in [0, 0.1) is 6.92 Å². The van der Waals surface area contributed by atoms with Crippen molar-refractivity contribution in [2.75, 3.05) is 0 Å². The Morgan fingerprint density at radius 3 is 2.36 bits per heavy atom. The van der Waals surface area contributed by atoms with Gasteiger partial charge in [0, 0.05) is 9.80 Å². The monoisotopic (exact) mass is 210 g/mol. The van der Waals surface area contributed by atoms with Crippen molar-refractivity contribution in [2.24, 2.45) is 0 Å². The lowest BCUT2D eigenvalue weighted by molar-refractivity contribution is 0.240. The van der Waals surface area contributed by atoms with Crippen molar-refractivity contribution < 1.29 is 9.32 Å². The lowest BCUT2D eigenvalue weighted by Crippen LogP contribution is -2.08. The Balaban J connectivity index is 2.90. The summed E-state index contributed by atoms with van der Waals surface area (Å²) in [6.07, 6.45) is -0.739. The van der Waals surface area contributed by atoms with Gasteiger partial charge in [0.1, 0.15) is 0 Å². The Bertz CT molecular complexity index is 352. The molecule has 2 atom stereocenters. The predicted octanol–water partition coefficient (Wildman–Crippen LogP) is 2.00. The highest BCUT2D eigenvalue weighted by Gasteiger charge is 2.12. The summed E-state index contributed by atoms with van der Waals surface area (Å²) >= 11 is 0. The lowest BCUT2D eigenvalue weighted by atomic mass is 10.2. The van der Waals surface area contributed by atoms with Gasteiger partial charge >= 0.3 is 0 Å². The molecule has 0 aliphatic carbocycles. The molecular weight excluding hydrogens is 196 g/mol. The number of rotatable bonds is 3. The molecule has 0 radical (unpaired) electrons. The van der Waals surface area contributed by atoms with E-state index >= 15 is 0 Å². The van der Waals surface area contributed by atoms with Crippen LogP contribution in [0.5, 0.6) is 0 Å². The molecule has 0 unspecified atom stereocenters. The molecule has 76 valence electrons. The van der Waals surface area contributed by atoms with Gasteiger partial charge in [-0.1, -0.05) is 24.3 Å². The van der Waals surface area contributed by atoms with Crippen LogP contribution in [-0.4, -0.2) is 15.4 Å². The van der Waals surface area contributed by atoms with E-state index in [-0.39, 0.29) is 0 Å². The Morgan fingerprint density at radius 2 is 1.93 bits per heavy atom. The molecule has 1 N–H and O–H groups in total. The molecule has 2 nitrogen and oxygen atoms in total. The van der Waals surface area contributed by atoms with E-state index in [0.717, 1.165) is 5.56 Å². The van der Waals surface area contributed by atoms with E-state index in [9.17, 15) is 9.32 Å². The van der Waals surface area contributed by atoms with Crippen LogP contribution >= 0.6 is 0 Å². The van der Waals surface area contributed by atoms with Gasteiger partial charge in [-0.2, -0.15) is 0 Å². The fourth-order valence-electron chi connectivity index (χ4n) is 0.968. The maximum absolute atomic E-state index is 11.7. The van der Waals surface area contributed by atoms with Gasteiger partial charge in [-0.05, 0) is 26.0 Å². The van der Waals surface area contributed by atoms with Gasteiger partial charge in [-0.3, -0.25) is 0 Å². The average Bonchev–Trinajstić information content (AvgIpc) is 2.16. The summed E-state index contributed by atoms with van der Waals surface area (Å²) in [5.41, 5.74) is 1.12. The summed E-state index contributed by atoms with van der Waals surface area (Å²) in [5.74, 6) is 0. The van der Waals surface area contributed by atoms with Crippen LogP contribution in [0.2, 0.25) is 0 Å². The molecule has 0 aliphatic heterocycles. The molecule has 0 heterocycles. The zero-order chi connectivity index (χ0) is 10.7. The van der Waals surface area contributed by atoms with Crippen molar-refractivity contribution in [3.63, 3.8) is 0 Å². The van der Waals surface area contributed by atoms with Gasteiger partial charge in [0.05, 0.1) is 16.9 Å². The quantitative estimate of drug-likeness (QED) is 0.828. The van der Waals surface area contributed by atoms with Crippen molar-refractivity contribution in [2.45, 2.75) is 24.8 Å². The molecule has 0 saturated carbocycles. The Labute approximate surface area is 86.7 Å². The molecule has 0 bridgehead atoms. The van der Waals surface area contributed by atoms with Crippen LogP contribution in [0.15, 0.2) is 40.6 Å². The maximum Gasteiger partial charge on any atom is 0.0843 e. The summed E-state index contributed by atoms with van der Waals surface area (Å²) < 4.78 is 11.7. The minimum absolute atomic E-state index is 0.342. The summed E-state index contributed by atoms with van der Waals surface area (Å²) in [4.78, 5) is 1.02. The van der Waals surface area contributed by atoms with Crippen molar-refractivity contribution in [1.82, 2.24) is 0 Å². The van der Waals surface area contributed by atoms with Crippen molar-refractivity contribution in [1.29, 1.82) is 0 Å². The first kappa shape index (κ1) is 11.1. The van der Waals surface area contributed by atoms with E-state index in [0.29, 0.717) is 9.80 Å². The highest BCUT2D eigenvalue weighted by atomic mass is 32.2. The summed E-state index contributed by atoms with van der Waals surface area (Å²) in [6.45, 7) is 7.14. The number of benzene rings is 1. The van der Waals surface area contributed by atoms with E-state index in [1.54, 1.807) is 19.1 Å². The summed E-state index contributed by atoms with van der Waals surface area (Å²) in [7, 11) is -1.31. The fourth-order valence-corrected chi connectivity index (χ4v) is 1.96. The molecule has 1 aromatic carbocycles. The third-order valence-corrected chi connectivity index (χ3v) is 3.46. The standard InChI is InChI=1S/C11H14O2S/c1-8-4-6-11(7-5-8)14(13)10(3)9(2)12/h4-7,9,12H,3H2,1-2H3/t9-,14-/m1/s1. The number of hydrogen-bond donors (Lipinski definition) is 1. The average molecular weight is 210 g/mol. The number of aliphatic hydroxyl groups excluding tert-OH is 1. The van der Waals surface area contributed by atoms with Crippen LogP contribution in [0.1, 0.15) is 12.5 Å². The minimum Gasteiger partial charge on any atom is -0.388 e. The lowest BCUT2D eigenvalue weighted by Gasteiger charge is -2.08. The van der Waals surface area contributed by atoms with Crippen molar-refractivity contribution in [3.05, 3.63) is 41.3 Å². The second kappa shape index (κ2) is 4.53. The van der Waals surface area contributed by atoms with Crippen LogP contribution in [0.25, 0.3) is 0 Å². The van der Waals surface area contributed by atoms with Crippen LogP contribution in [0.3, 0.4) is 0 Å². The van der Waals surface area contributed by atoms with E-state index < -0.39 is 16.9 Å². The van der Waals surface area contributed by atoms with Crippen LogP contribution < -0.4 is 0 Å². The molecule has 1 rings (SSSR count). The van der Waals surface area contributed by atoms with Crippen molar-refractivity contribution >= 4 is 10.8 Å². The molecule has 3 heteroatoms. The molecule has 0 amide bonds. The summed E-state index contributed by atoms with van der Waals surface area (Å²) in [5, 5.41) is 9.21. The smallest absolute Gasteiger partial charge is 0.0843 e. The first-order valence-corrected chi connectivity index (χ1v) is 5.52. The topological polar surface area (TPSA) is 37.3 Å². The Morgan fingerprint density at radius 1 is 1.43 bits per heavy atom. The summed E-state index contributed by atoms with van der Waals surface area (Å²) in [6, 6.07) is 7.36. The van der Waals surface area contributed by atoms with E-state index in [4.69, 9.17) is 0 Å². The largest absolute Gasteiger partial charge is 0.388 e. The zero-order valence-electron chi connectivity index (χ0n) is 8.36. The normalized spacial score (nSPS) is 14.8. The molecule has 0 aliphatic rings. The fraction of sp³-hybridized carbons (Fsp3) is 0.273. The van der Waals surface area contributed by atoms with Crippen molar-refractivity contribution in [3.8, 4) is 0 Å². The predicted molar refractivity (Wildman–Crippen MR) is 58.4 cm³/mol. The number of hydrogen-bond acceptors (Lipinski definition) is 2. The zero-order valence-corrected chi connectivity index (χ0v) is 9.17. The molecule has 0 aromatic heterocycles. The third-order valence-electron chi connectivity index (χ3n) is 1.94. The first-order valence-electron chi connectivity index (χ1n) is 4.37. The highest BCUT2D eigenvalue weighted by molar-refractivity contribution is 7.89. The first-order chi connectivity index (χ1) is 6.52. The highest BCUT2D eigenvalue weighted by Crippen LogP contribution is 2.16. The van der Waals surface area contributed by atoms with Crippen LogP contribution in [0.4, 0.5) is 0 Å². The van der Waals surface area contributed by atoms with E-state index in [1.165, 1.54) is 0 Å². The minimum atomic E-state index is -1.31.